The van der Waals surface area contributed by atoms with Crippen LogP contribution in [0.25, 0.3) is 0 Å². The number of hydrogen-bond donors (Lipinski definition) is 0. The van der Waals surface area contributed by atoms with Crippen LogP contribution in [-0.2, 0) is 23.8 Å². The Bertz CT molecular complexity index is 919. The van der Waals surface area contributed by atoms with Crippen LogP contribution < -0.4 is 0 Å². The fraction of sp³-hybridized carbons (Fsp3) is 0.931. The second-order valence-corrected chi connectivity index (χ2v) is 14.0. The van der Waals surface area contributed by atoms with Gasteiger partial charge in [-0.25, -0.2) is 0 Å². The predicted octanol–water partition coefficient (Wildman–Crippen LogP) is 4.94. The highest BCUT2D eigenvalue weighted by molar-refractivity contribution is 5.74. The Morgan fingerprint density at radius 1 is 1.09 bits per heavy atom. The second-order valence-electron chi connectivity index (χ2n) is 14.0. The number of esters is 2. The third kappa shape index (κ3) is 3.02. The lowest BCUT2D eigenvalue weighted by Gasteiger charge is -2.68. The smallest absolute Gasteiger partial charge is 0.309 e. The van der Waals surface area contributed by atoms with Gasteiger partial charge in [0.2, 0.25) is 0 Å². The fourth-order valence-corrected chi connectivity index (χ4v) is 10.9. The lowest BCUT2D eigenvalue weighted by atomic mass is 9.37. The van der Waals surface area contributed by atoms with E-state index >= 15 is 0 Å². The van der Waals surface area contributed by atoms with Crippen LogP contribution in [0.1, 0.15) is 92.4 Å². The van der Waals surface area contributed by atoms with Crippen LogP contribution in [0.2, 0.25) is 0 Å². The minimum absolute atomic E-state index is 0.0732. The van der Waals surface area contributed by atoms with Crippen LogP contribution in [0.3, 0.4) is 0 Å². The van der Waals surface area contributed by atoms with Crippen molar-refractivity contribution >= 4 is 11.9 Å². The van der Waals surface area contributed by atoms with Crippen molar-refractivity contribution in [3.8, 4) is 0 Å². The Morgan fingerprint density at radius 2 is 1.86 bits per heavy atom. The molecule has 3 unspecified atom stereocenters. The topological polar surface area (TPSA) is 65.1 Å². The van der Waals surface area contributed by atoms with E-state index in [1.165, 1.54) is 26.4 Å². The minimum atomic E-state index is -0.349. The number of nitrogens with zero attached hydrogens (tertiary/aromatic N) is 1. The normalized spacial score (nSPS) is 51.3. The zero-order valence-corrected chi connectivity index (χ0v) is 22.6. The highest BCUT2D eigenvalue weighted by Gasteiger charge is 2.81. The fourth-order valence-electron chi connectivity index (χ4n) is 10.9. The van der Waals surface area contributed by atoms with Crippen LogP contribution in [0.4, 0.5) is 0 Å². The summed E-state index contributed by atoms with van der Waals surface area (Å²) in [6, 6.07) is 0.301. The lowest BCUT2D eigenvalue weighted by Crippen LogP contribution is -2.69. The van der Waals surface area contributed by atoms with E-state index in [0.29, 0.717) is 24.3 Å². The molecule has 6 aliphatic rings. The molecule has 0 aromatic heterocycles. The summed E-state index contributed by atoms with van der Waals surface area (Å²) in [5, 5.41) is 0. The van der Waals surface area contributed by atoms with Gasteiger partial charge in [-0.15, -0.1) is 0 Å². The molecule has 3 aliphatic heterocycles. The van der Waals surface area contributed by atoms with E-state index in [1.807, 2.05) is 6.92 Å². The van der Waals surface area contributed by atoms with Crippen molar-refractivity contribution in [2.45, 2.75) is 116 Å². The molecule has 1 spiro atoms. The average molecular weight is 488 g/mol. The van der Waals surface area contributed by atoms with Crippen molar-refractivity contribution in [1.29, 1.82) is 0 Å². The van der Waals surface area contributed by atoms with Crippen molar-refractivity contribution in [3.05, 3.63) is 0 Å². The van der Waals surface area contributed by atoms with E-state index in [9.17, 15) is 9.59 Å². The molecule has 35 heavy (non-hydrogen) atoms. The summed E-state index contributed by atoms with van der Waals surface area (Å²) >= 11 is 0. The van der Waals surface area contributed by atoms with Gasteiger partial charge in [-0.2, -0.15) is 0 Å². The SMILES string of the molecule is CCCC(=O)O[C@@H]1CC2C(C)(C)CCC[C@]2(C)C2CC[C@@H](C(=O)OC)[C@H]3[C@H]4CC5(C)CN4[C@H](O5)[C@@]231. The average Bonchev–Trinajstić information content (AvgIpc) is 3.36. The number of rotatable bonds is 4. The second kappa shape index (κ2) is 7.69. The molecule has 3 saturated carbocycles. The number of carbonyl (C=O) groups is 2. The van der Waals surface area contributed by atoms with Gasteiger partial charge in [-0.3, -0.25) is 14.5 Å². The molecule has 6 rings (SSSR count). The van der Waals surface area contributed by atoms with Gasteiger partial charge in [0, 0.05) is 24.9 Å². The van der Waals surface area contributed by atoms with Gasteiger partial charge in [0.15, 0.2) is 0 Å². The lowest BCUT2D eigenvalue weighted by molar-refractivity contribution is -0.268. The first-order valence-corrected chi connectivity index (χ1v) is 14.2. The van der Waals surface area contributed by atoms with Crippen molar-refractivity contribution < 1.29 is 23.8 Å². The Hall–Kier alpha value is -1.14. The molecule has 3 aliphatic carbocycles. The molecule has 196 valence electrons. The Labute approximate surface area is 210 Å². The van der Waals surface area contributed by atoms with Crippen LogP contribution in [-0.4, -0.2) is 54.5 Å². The van der Waals surface area contributed by atoms with Crippen LogP contribution >= 0.6 is 0 Å². The van der Waals surface area contributed by atoms with Gasteiger partial charge in [-0.1, -0.05) is 34.1 Å². The number of ether oxygens (including phenoxy) is 3. The highest BCUT2D eigenvalue weighted by atomic mass is 16.6. The van der Waals surface area contributed by atoms with Gasteiger partial charge >= 0.3 is 11.9 Å². The molecule has 6 nitrogen and oxygen atoms in total. The van der Waals surface area contributed by atoms with E-state index in [4.69, 9.17) is 14.2 Å². The predicted molar refractivity (Wildman–Crippen MR) is 131 cm³/mol. The molecular formula is C29H45NO5. The summed E-state index contributed by atoms with van der Waals surface area (Å²) in [6.45, 7) is 12.6. The molecule has 6 fully saturated rings. The van der Waals surface area contributed by atoms with Crippen LogP contribution in [0.15, 0.2) is 0 Å². The van der Waals surface area contributed by atoms with E-state index < -0.39 is 0 Å². The van der Waals surface area contributed by atoms with E-state index in [1.54, 1.807) is 0 Å². The number of fused-ring (bicyclic) bond motifs is 4. The summed E-state index contributed by atoms with van der Waals surface area (Å²) in [7, 11) is 1.53. The molecule has 0 N–H and O–H groups in total. The molecule has 6 heteroatoms. The number of carbonyl (C=O) groups excluding carboxylic acids is 2. The first-order chi connectivity index (χ1) is 16.5. The van der Waals surface area contributed by atoms with E-state index in [0.717, 1.165) is 38.6 Å². The number of methoxy groups -OCH3 is 1. The van der Waals surface area contributed by atoms with Crippen molar-refractivity contribution in [2.75, 3.05) is 13.7 Å². The summed E-state index contributed by atoms with van der Waals surface area (Å²) in [4.78, 5) is 29.0. The molecule has 3 heterocycles. The summed E-state index contributed by atoms with van der Waals surface area (Å²) in [5.74, 6) is 0.662. The molecule has 0 aromatic carbocycles. The third-order valence-corrected chi connectivity index (χ3v) is 11.8. The maximum absolute atomic E-state index is 13.3. The highest BCUT2D eigenvalue weighted by Crippen LogP contribution is 2.76. The van der Waals surface area contributed by atoms with Crippen molar-refractivity contribution in [2.24, 2.45) is 39.9 Å². The summed E-state index contributed by atoms with van der Waals surface area (Å²) in [5.41, 5.74) is -0.157. The molecule has 2 bridgehead atoms. The van der Waals surface area contributed by atoms with Gasteiger partial charge in [0.1, 0.15) is 12.3 Å². The summed E-state index contributed by atoms with van der Waals surface area (Å²) < 4.78 is 18.9. The van der Waals surface area contributed by atoms with Gasteiger partial charge in [0.05, 0.1) is 24.0 Å². The minimum Gasteiger partial charge on any atom is -0.469 e. The molecule has 0 aromatic rings. The summed E-state index contributed by atoms with van der Waals surface area (Å²) in [6.07, 6.45) is 8.33. The third-order valence-electron chi connectivity index (χ3n) is 11.8. The number of hydrogen-bond acceptors (Lipinski definition) is 6. The molecule has 3 saturated heterocycles. The Balaban J connectivity index is 1.54. The molecule has 0 amide bonds. The molecular weight excluding hydrogens is 442 g/mol. The van der Waals surface area contributed by atoms with E-state index in [2.05, 4.69) is 32.6 Å². The van der Waals surface area contributed by atoms with Gasteiger partial charge in [0.25, 0.3) is 0 Å². The first-order valence-electron chi connectivity index (χ1n) is 14.2. The molecule has 10 atom stereocenters. The van der Waals surface area contributed by atoms with Crippen LogP contribution in [0, 0.1) is 39.9 Å². The maximum atomic E-state index is 13.3. The van der Waals surface area contributed by atoms with E-state index in [-0.39, 0.29) is 58.0 Å². The van der Waals surface area contributed by atoms with Crippen LogP contribution in [0.5, 0.6) is 0 Å². The monoisotopic (exact) mass is 487 g/mol. The first kappa shape index (κ1) is 24.2. The Kier molecular flexibility index (Phi) is 5.32. The molecule has 0 radical (unpaired) electrons. The maximum Gasteiger partial charge on any atom is 0.309 e. The Morgan fingerprint density at radius 3 is 2.54 bits per heavy atom. The quantitative estimate of drug-likeness (QED) is 0.524. The largest absolute Gasteiger partial charge is 0.469 e. The van der Waals surface area contributed by atoms with Crippen molar-refractivity contribution in [1.82, 2.24) is 4.90 Å². The zero-order valence-electron chi connectivity index (χ0n) is 22.6. The standard InChI is InChI=1S/C29H45NO5/c1-7-9-22(31)34-21-14-20-26(2,3)12-8-13-28(20,5)19-11-10-17(24(32)33-6)23-18-15-27(4)16-30(18)25(35-27)29(19,21)23/h17-21,23,25H,7-16H2,1-6H3/t17-,18-,19?,20?,21-,23+,25-,27?,28-,29-/m1/s1. The zero-order chi connectivity index (χ0) is 25.0. The van der Waals surface area contributed by atoms with Crippen molar-refractivity contribution in [3.63, 3.8) is 0 Å². The van der Waals surface area contributed by atoms with Gasteiger partial charge < -0.3 is 14.2 Å². The van der Waals surface area contributed by atoms with Gasteiger partial charge in [-0.05, 0) is 74.5 Å².